The Morgan fingerprint density at radius 1 is 1.37 bits per heavy atom. The molecule has 0 amide bonds. The lowest BCUT2D eigenvalue weighted by atomic mass is 10.2. The molecule has 0 bridgehead atoms. The van der Waals surface area contributed by atoms with Crippen LogP contribution < -0.4 is 11.5 Å². The zero-order valence-corrected chi connectivity index (χ0v) is 14.7. The average molecular weight is 302 g/mol. The molecule has 2 unspecified atom stereocenters. The highest BCUT2D eigenvalue weighted by Gasteiger charge is 2.37. The molecule has 19 heavy (non-hydrogen) atoms. The van der Waals surface area contributed by atoms with Crippen LogP contribution >= 0.6 is 11.3 Å². The number of hydrogen-bond donors (Lipinski definition) is 2. The quantitative estimate of drug-likeness (QED) is 0.820. The van der Waals surface area contributed by atoms with E-state index in [9.17, 15) is 0 Å². The molecular weight excluding hydrogens is 274 g/mol. The molecule has 0 radical (unpaired) electrons. The summed E-state index contributed by atoms with van der Waals surface area (Å²) in [6.45, 7) is 13.7. The Labute approximate surface area is 121 Å². The summed E-state index contributed by atoms with van der Waals surface area (Å²) in [6.07, 6.45) is 0. The predicted molar refractivity (Wildman–Crippen MR) is 84.7 cm³/mol. The standard InChI is InChI=1S/C13H27N3OSSi/c1-9(14)11(15)12-16-10(8-18-12)7-17-19(5,6)13(2,3)4/h8-9,11H,7,14-15H2,1-6H3. The fourth-order valence-corrected chi connectivity index (χ4v) is 3.10. The van der Waals surface area contributed by atoms with E-state index in [1.807, 2.05) is 12.3 Å². The number of aromatic nitrogens is 1. The number of hydrogen-bond acceptors (Lipinski definition) is 5. The molecule has 0 aliphatic rings. The molecule has 0 saturated carbocycles. The van der Waals surface area contributed by atoms with Crippen LogP contribution in [0.25, 0.3) is 0 Å². The van der Waals surface area contributed by atoms with Crippen LogP contribution in [0, 0.1) is 0 Å². The van der Waals surface area contributed by atoms with E-state index >= 15 is 0 Å². The van der Waals surface area contributed by atoms with Gasteiger partial charge in [0.2, 0.25) is 0 Å². The molecule has 4 N–H and O–H groups in total. The van der Waals surface area contributed by atoms with Crippen molar-refractivity contribution in [2.75, 3.05) is 0 Å². The average Bonchev–Trinajstić information content (AvgIpc) is 2.72. The Morgan fingerprint density at radius 2 is 1.95 bits per heavy atom. The van der Waals surface area contributed by atoms with Crippen molar-refractivity contribution in [3.05, 3.63) is 16.1 Å². The van der Waals surface area contributed by atoms with E-state index in [0.717, 1.165) is 10.7 Å². The van der Waals surface area contributed by atoms with Crippen LogP contribution in [0.1, 0.15) is 44.4 Å². The van der Waals surface area contributed by atoms with Crippen molar-refractivity contribution in [3.63, 3.8) is 0 Å². The number of thiazole rings is 1. The highest BCUT2D eigenvalue weighted by atomic mass is 32.1. The second kappa shape index (κ2) is 6.01. The fourth-order valence-electron chi connectivity index (χ4n) is 1.24. The number of nitrogens with zero attached hydrogens (tertiary/aromatic N) is 1. The van der Waals surface area contributed by atoms with Gasteiger partial charge in [-0.25, -0.2) is 4.98 Å². The minimum atomic E-state index is -1.72. The first-order valence-electron chi connectivity index (χ1n) is 6.64. The SMILES string of the molecule is CC(N)C(N)c1nc(CO[Si](C)(C)C(C)(C)C)cs1. The molecule has 0 spiro atoms. The van der Waals surface area contributed by atoms with E-state index in [2.05, 4.69) is 38.8 Å². The topological polar surface area (TPSA) is 74.2 Å². The monoisotopic (exact) mass is 301 g/mol. The minimum absolute atomic E-state index is 0.0830. The van der Waals surface area contributed by atoms with Gasteiger partial charge in [0.15, 0.2) is 8.32 Å². The van der Waals surface area contributed by atoms with Crippen LogP contribution in [0.3, 0.4) is 0 Å². The third kappa shape index (κ3) is 4.36. The first-order valence-corrected chi connectivity index (χ1v) is 10.4. The Balaban J connectivity index is 2.65. The molecule has 1 aromatic rings. The van der Waals surface area contributed by atoms with E-state index in [4.69, 9.17) is 15.9 Å². The summed E-state index contributed by atoms with van der Waals surface area (Å²) in [7, 11) is -1.72. The van der Waals surface area contributed by atoms with Crippen molar-refractivity contribution in [2.24, 2.45) is 11.5 Å². The van der Waals surface area contributed by atoms with Crippen LogP contribution in [0.5, 0.6) is 0 Å². The summed E-state index contributed by atoms with van der Waals surface area (Å²) in [6, 6.07) is -0.271. The maximum absolute atomic E-state index is 6.14. The minimum Gasteiger partial charge on any atom is -0.411 e. The molecule has 2 atom stereocenters. The van der Waals surface area contributed by atoms with Gasteiger partial charge >= 0.3 is 0 Å². The van der Waals surface area contributed by atoms with Gasteiger partial charge in [-0.2, -0.15) is 0 Å². The molecule has 0 aliphatic carbocycles. The molecule has 1 heterocycles. The molecule has 0 aliphatic heterocycles. The Morgan fingerprint density at radius 3 is 2.42 bits per heavy atom. The Kier molecular flexibility index (Phi) is 5.31. The van der Waals surface area contributed by atoms with Crippen molar-refractivity contribution < 1.29 is 4.43 Å². The first-order chi connectivity index (χ1) is 8.54. The Bertz CT molecular complexity index is 412. The van der Waals surface area contributed by atoms with Gasteiger partial charge in [-0.15, -0.1) is 11.3 Å². The highest BCUT2D eigenvalue weighted by Crippen LogP contribution is 2.37. The third-order valence-corrected chi connectivity index (χ3v) is 9.28. The van der Waals surface area contributed by atoms with Crippen molar-refractivity contribution in [3.8, 4) is 0 Å². The highest BCUT2D eigenvalue weighted by molar-refractivity contribution is 7.09. The van der Waals surface area contributed by atoms with Gasteiger partial charge in [-0.05, 0) is 25.1 Å². The van der Waals surface area contributed by atoms with Crippen molar-refractivity contribution in [1.29, 1.82) is 0 Å². The molecule has 1 aromatic heterocycles. The van der Waals surface area contributed by atoms with Crippen LogP contribution in [-0.4, -0.2) is 19.3 Å². The van der Waals surface area contributed by atoms with Crippen molar-refractivity contribution in [2.45, 2.75) is 64.5 Å². The largest absolute Gasteiger partial charge is 0.411 e. The van der Waals surface area contributed by atoms with Crippen molar-refractivity contribution >= 4 is 19.7 Å². The third-order valence-electron chi connectivity index (χ3n) is 3.81. The van der Waals surface area contributed by atoms with Gasteiger partial charge < -0.3 is 15.9 Å². The fraction of sp³-hybridized carbons (Fsp3) is 0.769. The lowest BCUT2D eigenvalue weighted by Crippen LogP contribution is -2.40. The lowest BCUT2D eigenvalue weighted by Gasteiger charge is -2.35. The smallest absolute Gasteiger partial charge is 0.192 e. The molecular formula is C13H27N3OSSi. The first kappa shape index (κ1) is 16.8. The van der Waals surface area contributed by atoms with E-state index in [1.54, 1.807) is 11.3 Å². The van der Waals surface area contributed by atoms with Gasteiger partial charge in [0.25, 0.3) is 0 Å². The van der Waals surface area contributed by atoms with Crippen molar-refractivity contribution in [1.82, 2.24) is 4.98 Å². The van der Waals surface area contributed by atoms with Crippen LogP contribution in [0.4, 0.5) is 0 Å². The van der Waals surface area contributed by atoms with Gasteiger partial charge in [0.1, 0.15) is 5.01 Å². The maximum Gasteiger partial charge on any atom is 0.192 e. The van der Waals surface area contributed by atoms with Gasteiger partial charge in [0.05, 0.1) is 18.3 Å². The lowest BCUT2D eigenvalue weighted by molar-refractivity contribution is 0.272. The predicted octanol–water partition coefficient (Wildman–Crippen LogP) is 3.01. The van der Waals surface area contributed by atoms with Gasteiger partial charge in [-0.1, -0.05) is 20.8 Å². The molecule has 4 nitrogen and oxygen atoms in total. The molecule has 0 saturated heterocycles. The molecule has 0 fully saturated rings. The Hall–Kier alpha value is -0.273. The summed E-state index contributed by atoms with van der Waals surface area (Å²) < 4.78 is 6.14. The van der Waals surface area contributed by atoms with Crippen LogP contribution in [0.2, 0.25) is 18.1 Å². The second-order valence-corrected chi connectivity index (χ2v) is 12.3. The summed E-state index contributed by atoms with van der Waals surface area (Å²) in [5, 5.41) is 3.13. The van der Waals surface area contributed by atoms with Crippen LogP contribution in [-0.2, 0) is 11.0 Å². The summed E-state index contributed by atoms with van der Waals surface area (Å²) in [5.41, 5.74) is 12.7. The molecule has 110 valence electrons. The summed E-state index contributed by atoms with van der Waals surface area (Å²) in [4.78, 5) is 4.53. The zero-order valence-electron chi connectivity index (χ0n) is 12.9. The maximum atomic E-state index is 6.14. The molecule has 1 rings (SSSR count). The van der Waals surface area contributed by atoms with E-state index < -0.39 is 8.32 Å². The van der Waals surface area contributed by atoms with E-state index in [-0.39, 0.29) is 17.1 Å². The van der Waals surface area contributed by atoms with Gasteiger partial charge in [-0.3, -0.25) is 0 Å². The van der Waals surface area contributed by atoms with Crippen LogP contribution in [0.15, 0.2) is 5.38 Å². The normalized spacial score (nSPS) is 16.4. The zero-order chi connectivity index (χ0) is 14.8. The number of rotatable bonds is 5. The van der Waals surface area contributed by atoms with Gasteiger partial charge in [0, 0.05) is 11.4 Å². The number of nitrogens with two attached hydrogens (primary N) is 2. The molecule has 6 heteroatoms. The second-order valence-electron chi connectivity index (χ2n) is 6.61. The van der Waals surface area contributed by atoms with E-state index in [0.29, 0.717) is 6.61 Å². The van der Waals surface area contributed by atoms with E-state index in [1.165, 1.54) is 0 Å². The summed E-state index contributed by atoms with van der Waals surface area (Å²) >= 11 is 1.56. The summed E-state index contributed by atoms with van der Waals surface area (Å²) in [5.74, 6) is 0. The molecule has 0 aromatic carbocycles.